The van der Waals surface area contributed by atoms with E-state index in [0.29, 0.717) is 28.8 Å². The second-order valence-electron chi connectivity index (χ2n) is 5.12. The summed E-state index contributed by atoms with van der Waals surface area (Å²) in [6.45, 7) is 3.31. The van der Waals surface area contributed by atoms with E-state index in [1.54, 1.807) is 23.1 Å². The van der Waals surface area contributed by atoms with E-state index >= 15 is 0 Å². The van der Waals surface area contributed by atoms with Gasteiger partial charge in [0.15, 0.2) is 0 Å². The van der Waals surface area contributed by atoms with E-state index in [0.717, 1.165) is 0 Å². The van der Waals surface area contributed by atoms with Gasteiger partial charge in [-0.15, -0.1) is 0 Å². The highest BCUT2D eigenvalue weighted by Gasteiger charge is 2.24. The molecule has 0 aliphatic carbocycles. The van der Waals surface area contributed by atoms with Crippen molar-refractivity contribution in [2.75, 3.05) is 5.32 Å². The molecule has 0 spiro atoms. The monoisotopic (exact) mass is 320 g/mol. The average molecular weight is 321 g/mol. The van der Waals surface area contributed by atoms with Gasteiger partial charge in [-0.2, -0.15) is 0 Å². The van der Waals surface area contributed by atoms with E-state index in [-0.39, 0.29) is 6.03 Å². The molecule has 0 fully saturated rings. The molecule has 0 bridgehead atoms. The third-order valence-corrected chi connectivity index (χ3v) is 4.23. The molecule has 0 unspecified atom stereocenters. The first-order chi connectivity index (χ1) is 10.0. The fraction of sp³-hybridized carbons (Fsp3) is 0.188. The summed E-state index contributed by atoms with van der Waals surface area (Å²) < 4.78 is 0. The van der Waals surface area contributed by atoms with Crippen LogP contribution in [0.1, 0.15) is 16.7 Å². The Balaban J connectivity index is 1.75. The Hall–Kier alpha value is -1.71. The summed E-state index contributed by atoms with van der Waals surface area (Å²) in [6, 6.07) is 11.0. The highest BCUT2D eigenvalue weighted by atomic mass is 35.5. The van der Waals surface area contributed by atoms with Gasteiger partial charge in [0, 0.05) is 18.1 Å². The van der Waals surface area contributed by atoms with Crippen LogP contribution in [0, 0.1) is 6.92 Å². The van der Waals surface area contributed by atoms with Gasteiger partial charge >= 0.3 is 6.03 Å². The normalized spacial score (nSPS) is 13.2. The number of amides is 2. The predicted molar refractivity (Wildman–Crippen MR) is 85.9 cm³/mol. The SMILES string of the molecule is Cc1cccc2c1CN(C(=O)Nc1ccc(Cl)cc1Cl)C2. The van der Waals surface area contributed by atoms with Crippen LogP contribution in [0.4, 0.5) is 10.5 Å². The smallest absolute Gasteiger partial charge is 0.316 e. The molecule has 0 atom stereocenters. The maximum absolute atomic E-state index is 12.4. The van der Waals surface area contributed by atoms with Crippen molar-refractivity contribution in [1.82, 2.24) is 4.90 Å². The number of urea groups is 1. The quantitative estimate of drug-likeness (QED) is 0.800. The van der Waals surface area contributed by atoms with Gasteiger partial charge in [0.1, 0.15) is 0 Å². The Morgan fingerprint density at radius 2 is 2.00 bits per heavy atom. The molecule has 1 aliphatic rings. The number of carbonyl (C=O) groups excluding carboxylic acids is 1. The lowest BCUT2D eigenvalue weighted by Gasteiger charge is -2.17. The Bertz CT molecular complexity index is 715. The molecule has 3 nitrogen and oxygen atoms in total. The van der Waals surface area contributed by atoms with E-state index in [2.05, 4.69) is 24.4 Å². The van der Waals surface area contributed by atoms with Crippen molar-refractivity contribution < 1.29 is 4.79 Å². The first-order valence-corrected chi connectivity index (χ1v) is 7.38. The lowest BCUT2D eigenvalue weighted by molar-refractivity contribution is 0.212. The zero-order chi connectivity index (χ0) is 15.0. The molecule has 3 rings (SSSR count). The molecule has 1 heterocycles. The zero-order valence-electron chi connectivity index (χ0n) is 11.5. The van der Waals surface area contributed by atoms with Gasteiger partial charge < -0.3 is 10.2 Å². The number of rotatable bonds is 1. The van der Waals surface area contributed by atoms with Crippen LogP contribution in [0.3, 0.4) is 0 Å². The van der Waals surface area contributed by atoms with Crippen molar-refractivity contribution in [3.63, 3.8) is 0 Å². The summed E-state index contributed by atoms with van der Waals surface area (Å²) in [7, 11) is 0. The van der Waals surface area contributed by atoms with Crippen LogP contribution in [0.25, 0.3) is 0 Å². The summed E-state index contributed by atoms with van der Waals surface area (Å²) in [6.07, 6.45) is 0. The van der Waals surface area contributed by atoms with Crippen molar-refractivity contribution in [2.45, 2.75) is 20.0 Å². The van der Waals surface area contributed by atoms with Crippen LogP contribution in [-0.4, -0.2) is 10.9 Å². The van der Waals surface area contributed by atoms with Gasteiger partial charge in [-0.1, -0.05) is 41.4 Å². The minimum atomic E-state index is -0.158. The fourth-order valence-corrected chi connectivity index (χ4v) is 2.97. The van der Waals surface area contributed by atoms with Gasteiger partial charge in [-0.05, 0) is 41.8 Å². The van der Waals surface area contributed by atoms with Gasteiger partial charge in [0.05, 0.1) is 10.7 Å². The standard InChI is InChI=1S/C16H14Cl2N2O/c1-10-3-2-4-11-8-20(9-13(10)11)16(21)19-15-6-5-12(17)7-14(15)18/h2-7H,8-9H2,1H3,(H,19,21). The molecule has 1 aliphatic heterocycles. The van der Waals surface area contributed by atoms with Crippen molar-refractivity contribution >= 4 is 34.9 Å². The molecule has 0 radical (unpaired) electrons. The first kappa shape index (κ1) is 14.2. The predicted octanol–water partition coefficient (Wildman–Crippen LogP) is 4.85. The second-order valence-corrected chi connectivity index (χ2v) is 5.97. The minimum Gasteiger partial charge on any atom is -0.316 e. The summed E-state index contributed by atoms with van der Waals surface area (Å²) in [5, 5.41) is 3.81. The molecule has 0 aromatic heterocycles. The van der Waals surface area contributed by atoms with E-state index in [4.69, 9.17) is 23.2 Å². The molecule has 21 heavy (non-hydrogen) atoms. The maximum Gasteiger partial charge on any atom is 0.322 e. The first-order valence-electron chi connectivity index (χ1n) is 6.63. The van der Waals surface area contributed by atoms with Crippen molar-refractivity contribution in [3.05, 3.63) is 63.1 Å². The molecular formula is C16H14Cl2N2O. The Morgan fingerprint density at radius 1 is 1.19 bits per heavy atom. The van der Waals surface area contributed by atoms with E-state index in [9.17, 15) is 4.79 Å². The molecule has 108 valence electrons. The molecule has 0 saturated heterocycles. The number of hydrogen-bond acceptors (Lipinski definition) is 1. The van der Waals surface area contributed by atoms with E-state index in [1.165, 1.54) is 16.7 Å². The fourth-order valence-electron chi connectivity index (χ4n) is 2.52. The number of hydrogen-bond donors (Lipinski definition) is 1. The minimum absolute atomic E-state index is 0.158. The third-order valence-electron chi connectivity index (χ3n) is 3.68. The number of carbonyl (C=O) groups is 1. The summed E-state index contributed by atoms with van der Waals surface area (Å²) in [5.41, 5.74) is 4.22. The number of benzene rings is 2. The van der Waals surface area contributed by atoms with Gasteiger partial charge in [0.25, 0.3) is 0 Å². The van der Waals surface area contributed by atoms with Gasteiger partial charge in [-0.3, -0.25) is 0 Å². The number of aryl methyl sites for hydroxylation is 1. The second kappa shape index (κ2) is 5.58. The van der Waals surface area contributed by atoms with Crippen LogP contribution in [0.15, 0.2) is 36.4 Å². The third kappa shape index (κ3) is 2.85. The highest BCUT2D eigenvalue weighted by molar-refractivity contribution is 6.36. The highest BCUT2D eigenvalue weighted by Crippen LogP contribution is 2.28. The number of nitrogens with zero attached hydrogens (tertiary/aromatic N) is 1. The Kier molecular flexibility index (Phi) is 3.79. The molecule has 1 N–H and O–H groups in total. The van der Waals surface area contributed by atoms with Crippen LogP contribution in [0.2, 0.25) is 10.0 Å². The Labute approximate surface area is 133 Å². The lowest BCUT2D eigenvalue weighted by Crippen LogP contribution is -2.30. The van der Waals surface area contributed by atoms with Crippen LogP contribution in [0.5, 0.6) is 0 Å². The maximum atomic E-state index is 12.4. The molecule has 2 aromatic rings. The molecular weight excluding hydrogens is 307 g/mol. The number of nitrogens with one attached hydrogen (secondary N) is 1. The van der Waals surface area contributed by atoms with E-state index in [1.807, 2.05) is 6.07 Å². The average Bonchev–Trinajstić information content (AvgIpc) is 2.87. The number of halogens is 2. The van der Waals surface area contributed by atoms with Gasteiger partial charge in [-0.25, -0.2) is 4.79 Å². The van der Waals surface area contributed by atoms with Gasteiger partial charge in [0.2, 0.25) is 0 Å². The lowest BCUT2D eigenvalue weighted by atomic mass is 10.1. The van der Waals surface area contributed by atoms with Crippen LogP contribution in [-0.2, 0) is 13.1 Å². The number of anilines is 1. The van der Waals surface area contributed by atoms with Crippen molar-refractivity contribution in [1.29, 1.82) is 0 Å². The molecule has 5 heteroatoms. The number of fused-ring (bicyclic) bond motifs is 1. The van der Waals surface area contributed by atoms with Crippen molar-refractivity contribution in [2.24, 2.45) is 0 Å². The largest absolute Gasteiger partial charge is 0.322 e. The topological polar surface area (TPSA) is 32.3 Å². The van der Waals surface area contributed by atoms with E-state index < -0.39 is 0 Å². The summed E-state index contributed by atoms with van der Waals surface area (Å²) in [5.74, 6) is 0. The zero-order valence-corrected chi connectivity index (χ0v) is 13.0. The van der Waals surface area contributed by atoms with Crippen LogP contribution >= 0.6 is 23.2 Å². The molecule has 2 aromatic carbocycles. The van der Waals surface area contributed by atoms with Crippen LogP contribution < -0.4 is 5.32 Å². The Morgan fingerprint density at radius 3 is 2.71 bits per heavy atom. The summed E-state index contributed by atoms with van der Waals surface area (Å²) >= 11 is 11.9. The van der Waals surface area contributed by atoms with Crippen molar-refractivity contribution in [3.8, 4) is 0 Å². The summed E-state index contributed by atoms with van der Waals surface area (Å²) in [4.78, 5) is 14.1. The molecule has 0 saturated carbocycles. The molecule has 2 amide bonds.